The van der Waals surface area contributed by atoms with Crippen LogP contribution in [0.25, 0.3) is 0 Å². The van der Waals surface area contributed by atoms with E-state index < -0.39 is 0 Å². The van der Waals surface area contributed by atoms with Gasteiger partial charge in [-0.2, -0.15) is 0 Å². The molecular formula is C13H22N2. The normalized spacial score (nSPS) is 14.9. The summed E-state index contributed by atoms with van der Waals surface area (Å²) in [7, 11) is 0. The van der Waals surface area contributed by atoms with Crippen molar-refractivity contribution in [3.05, 3.63) is 29.6 Å². The highest BCUT2D eigenvalue weighted by molar-refractivity contribution is 5.22. The lowest BCUT2D eigenvalue weighted by Gasteiger charge is -2.24. The largest absolute Gasteiger partial charge is 0.314 e. The fourth-order valence-corrected chi connectivity index (χ4v) is 2.10. The third-order valence-electron chi connectivity index (χ3n) is 2.99. The SMILES string of the molecule is CCNC(CC)C(C)c1ncccc1C. The van der Waals surface area contributed by atoms with E-state index in [4.69, 9.17) is 0 Å². The molecule has 1 aromatic heterocycles. The molecule has 15 heavy (non-hydrogen) atoms. The van der Waals surface area contributed by atoms with Gasteiger partial charge in [0.2, 0.25) is 0 Å². The topological polar surface area (TPSA) is 24.9 Å². The fraction of sp³-hybridized carbons (Fsp3) is 0.615. The van der Waals surface area contributed by atoms with E-state index in [-0.39, 0.29) is 0 Å². The zero-order valence-electron chi connectivity index (χ0n) is 10.2. The summed E-state index contributed by atoms with van der Waals surface area (Å²) in [5.74, 6) is 0.483. The van der Waals surface area contributed by atoms with Crippen molar-refractivity contribution in [3.8, 4) is 0 Å². The molecule has 0 aromatic carbocycles. The van der Waals surface area contributed by atoms with E-state index in [0.29, 0.717) is 12.0 Å². The highest BCUT2D eigenvalue weighted by Gasteiger charge is 2.18. The summed E-state index contributed by atoms with van der Waals surface area (Å²) in [6.07, 6.45) is 3.03. The first-order chi connectivity index (χ1) is 7.20. The van der Waals surface area contributed by atoms with Crippen molar-refractivity contribution in [1.82, 2.24) is 10.3 Å². The number of likely N-dealkylation sites (N-methyl/N-ethyl adjacent to an activating group) is 1. The van der Waals surface area contributed by atoms with E-state index in [1.165, 1.54) is 11.3 Å². The van der Waals surface area contributed by atoms with Crippen LogP contribution < -0.4 is 5.32 Å². The van der Waals surface area contributed by atoms with Crippen molar-refractivity contribution in [1.29, 1.82) is 0 Å². The highest BCUT2D eigenvalue weighted by atomic mass is 14.9. The Balaban J connectivity index is 2.82. The van der Waals surface area contributed by atoms with Gasteiger partial charge >= 0.3 is 0 Å². The van der Waals surface area contributed by atoms with E-state index in [1.54, 1.807) is 0 Å². The Hall–Kier alpha value is -0.890. The van der Waals surface area contributed by atoms with E-state index in [9.17, 15) is 0 Å². The molecule has 0 bridgehead atoms. The zero-order chi connectivity index (χ0) is 11.3. The summed E-state index contributed by atoms with van der Waals surface area (Å²) in [4.78, 5) is 4.49. The molecule has 2 atom stereocenters. The lowest BCUT2D eigenvalue weighted by atomic mass is 9.93. The first kappa shape index (κ1) is 12.2. The lowest BCUT2D eigenvalue weighted by Crippen LogP contribution is -2.33. The average molecular weight is 206 g/mol. The van der Waals surface area contributed by atoms with Crippen LogP contribution in [0.4, 0.5) is 0 Å². The van der Waals surface area contributed by atoms with Crippen molar-refractivity contribution in [3.63, 3.8) is 0 Å². The van der Waals surface area contributed by atoms with Gasteiger partial charge in [0.25, 0.3) is 0 Å². The Morgan fingerprint density at radius 2 is 2.13 bits per heavy atom. The molecule has 0 saturated heterocycles. The van der Waals surface area contributed by atoms with Gasteiger partial charge in [0.05, 0.1) is 0 Å². The van der Waals surface area contributed by atoms with E-state index in [0.717, 1.165) is 13.0 Å². The second-order valence-electron chi connectivity index (χ2n) is 4.07. The lowest BCUT2D eigenvalue weighted by molar-refractivity contribution is 0.441. The summed E-state index contributed by atoms with van der Waals surface area (Å²) >= 11 is 0. The number of nitrogens with one attached hydrogen (secondary N) is 1. The number of aromatic nitrogens is 1. The van der Waals surface area contributed by atoms with Crippen molar-refractivity contribution in [2.24, 2.45) is 0 Å². The summed E-state index contributed by atoms with van der Waals surface area (Å²) in [6.45, 7) is 9.79. The van der Waals surface area contributed by atoms with Crippen LogP contribution in [-0.2, 0) is 0 Å². The average Bonchev–Trinajstić information content (AvgIpc) is 2.25. The fourth-order valence-electron chi connectivity index (χ4n) is 2.10. The second kappa shape index (κ2) is 5.86. The van der Waals surface area contributed by atoms with Gasteiger partial charge in [-0.05, 0) is 31.5 Å². The van der Waals surface area contributed by atoms with Gasteiger partial charge in [-0.15, -0.1) is 0 Å². The maximum absolute atomic E-state index is 4.49. The Kier molecular flexibility index (Phi) is 4.76. The molecular weight excluding hydrogens is 184 g/mol. The Labute approximate surface area is 93.1 Å². The van der Waals surface area contributed by atoms with Crippen molar-refractivity contribution in [2.75, 3.05) is 6.54 Å². The van der Waals surface area contributed by atoms with Crippen LogP contribution >= 0.6 is 0 Å². The number of hydrogen-bond acceptors (Lipinski definition) is 2. The van der Waals surface area contributed by atoms with Crippen molar-refractivity contribution >= 4 is 0 Å². The minimum atomic E-state index is 0.483. The van der Waals surface area contributed by atoms with Crippen LogP contribution in [-0.4, -0.2) is 17.6 Å². The van der Waals surface area contributed by atoms with Gasteiger partial charge in [0.15, 0.2) is 0 Å². The predicted molar refractivity (Wildman–Crippen MR) is 65.1 cm³/mol. The second-order valence-corrected chi connectivity index (χ2v) is 4.07. The standard InChI is InChI=1S/C13H22N2/c1-5-12(14-6-2)11(4)13-10(3)8-7-9-15-13/h7-9,11-12,14H,5-6H2,1-4H3. The van der Waals surface area contributed by atoms with Crippen LogP contribution in [0.15, 0.2) is 18.3 Å². The van der Waals surface area contributed by atoms with E-state index >= 15 is 0 Å². The van der Waals surface area contributed by atoms with E-state index in [1.807, 2.05) is 12.3 Å². The maximum Gasteiger partial charge on any atom is 0.0476 e. The van der Waals surface area contributed by atoms with Crippen LogP contribution in [0.3, 0.4) is 0 Å². The van der Waals surface area contributed by atoms with Gasteiger partial charge in [0.1, 0.15) is 0 Å². The quantitative estimate of drug-likeness (QED) is 0.801. The number of aryl methyl sites for hydroxylation is 1. The molecule has 2 heteroatoms. The first-order valence-electron chi connectivity index (χ1n) is 5.85. The van der Waals surface area contributed by atoms with Gasteiger partial charge in [-0.3, -0.25) is 4.98 Å². The van der Waals surface area contributed by atoms with Crippen molar-refractivity contribution in [2.45, 2.75) is 46.1 Å². The monoisotopic (exact) mass is 206 g/mol. The Morgan fingerprint density at radius 1 is 1.40 bits per heavy atom. The summed E-state index contributed by atoms with van der Waals surface area (Å²) < 4.78 is 0. The molecule has 1 aromatic rings. The van der Waals surface area contributed by atoms with Crippen molar-refractivity contribution < 1.29 is 0 Å². The van der Waals surface area contributed by atoms with Gasteiger partial charge in [-0.25, -0.2) is 0 Å². The molecule has 0 aliphatic rings. The molecule has 2 unspecified atom stereocenters. The molecule has 0 aliphatic carbocycles. The summed E-state index contributed by atoms with van der Waals surface area (Å²) in [5.41, 5.74) is 2.52. The number of rotatable bonds is 5. The molecule has 0 fully saturated rings. The van der Waals surface area contributed by atoms with Gasteiger partial charge in [-0.1, -0.05) is 26.8 Å². The van der Waals surface area contributed by atoms with Gasteiger partial charge in [0, 0.05) is 23.9 Å². The molecule has 2 nitrogen and oxygen atoms in total. The third kappa shape index (κ3) is 3.03. The van der Waals surface area contributed by atoms with E-state index in [2.05, 4.69) is 44.1 Å². The van der Waals surface area contributed by atoms with Crippen LogP contribution in [0.5, 0.6) is 0 Å². The smallest absolute Gasteiger partial charge is 0.0476 e. The molecule has 0 aliphatic heterocycles. The third-order valence-corrected chi connectivity index (χ3v) is 2.99. The number of nitrogens with zero attached hydrogens (tertiary/aromatic N) is 1. The molecule has 84 valence electrons. The minimum absolute atomic E-state index is 0.483. The molecule has 0 amide bonds. The van der Waals surface area contributed by atoms with Gasteiger partial charge < -0.3 is 5.32 Å². The highest BCUT2D eigenvalue weighted by Crippen LogP contribution is 2.21. The maximum atomic E-state index is 4.49. The van der Waals surface area contributed by atoms with Crippen LogP contribution in [0, 0.1) is 6.92 Å². The Bertz CT molecular complexity index is 296. The minimum Gasteiger partial charge on any atom is -0.314 e. The Morgan fingerprint density at radius 3 is 2.67 bits per heavy atom. The molecule has 1 rings (SSSR count). The molecule has 1 heterocycles. The molecule has 1 N–H and O–H groups in total. The first-order valence-corrected chi connectivity index (χ1v) is 5.85. The molecule has 0 radical (unpaired) electrons. The number of hydrogen-bond donors (Lipinski definition) is 1. The zero-order valence-corrected chi connectivity index (χ0v) is 10.2. The molecule has 0 saturated carbocycles. The molecule has 0 spiro atoms. The van der Waals surface area contributed by atoms with Crippen LogP contribution in [0.2, 0.25) is 0 Å². The summed E-state index contributed by atoms with van der Waals surface area (Å²) in [5, 5.41) is 3.52. The van der Waals surface area contributed by atoms with Crippen LogP contribution in [0.1, 0.15) is 44.4 Å². The predicted octanol–water partition coefficient (Wildman–Crippen LogP) is 2.88. The summed E-state index contributed by atoms with van der Waals surface area (Å²) in [6, 6.07) is 4.67. The number of pyridine rings is 1.